The van der Waals surface area contributed by atoms with Crippen LogP contribution in [0.5, 0.6) is 0 Å². The van der Waals surface area contributed by atoms with E-state index < -0.39 is 6.09 Å². The van der Waals surface area contributed by atoms with Crippen molar-refractivity contribution in [3.8, 4) is 0 Å². The highest BCUT2D eigenvalue weighted by atomic mass is 16.5. The van der Waals surface area contributed by atoms with Gasteiger partial charge >= 0.3 is 12.1 Å². The second-order valence-corrected chi connectivity index (χ2v) is 3.21. The number of nitrogens with zero attached hydrogens (tertiary/aromatic N) is 1. The molecule has 0 saturated carbocycles. The SMILES string of the molecule is COC(=O)C1=CCN(C(=O)O)[C@H](C)C1. The molecule has 1 atom stereocenters. The highest BCUT2D eigenvalue weighted by Gasteiger charge is 2.26. The Morgan fingerprint density at radius 2 is 2.29 bits per heavy atom. The smallest absolute Gasteiger partial charge is 0.407 e. The minimum atomic E-state index is -0.960. The van der Waals surface area contributed by atoms with E-state index in [4.69, 9.17) is 5.11 Å². The maximum Gasteiger partial charge on any atom is 0.407 e. The molecule has 0 aromatic rings. The molecule has 0 aromatic carbocycles. The number of hydrogen-bond acceptors (Lipinski definition) is 3. The van der Waals surface area contributed by atoms with Crippen LogP contribution in [0.3, 0.4) is 0 Å². The van der Waals surface area contributed by atoms with E-state index >= 15 is 0 Å². The molecule has 1 aliphatic heterocycles. The van der Waals surface area contributed by atoms with Crippen LogP contribution in [0, 0.1) is 0 Å². The normalized spacial score (nSPS) is 21.4. The molecule has 0 aliphatic carbocycles. The van der Waals surface area contributed by atoms with E-state index in [-0.39, 0.29) is 18.6 Å². The third kappa shape index (κ3) is 2.04. The van der Waals surface area contributed by atoms with Crippen molar-refractivity contribution in [2.45, 2.75) is 19.4 Å². The van der Waals surface area contributed by atoms with Gasteiger partial charge in [-0.25, -0.2) is 9.59 Å². The average molecular weight is 199 g/mol. The number of methoxy groups -OCH3 is 1. The van der Waals surface area contributed by atoms with Crippen molar-refractivity contribution < 1.29 is 19.4 Å². The third-order valence-electron chi connectivity index (χ3n) is 2.28. The lowest BCUT2D eigenvalue weighted by Crippen LogP contribution is -2.41. The average Bonchev–Trinajstić information content (AvgIpc) is 2.15. The summed E-state index contributed by atoms with van der Waals surface area (Å²) in [6, 6.07) is -0.174. The Labute approximate surface area is 82.0 Å². The van der Waals surface area contributed by atoms with Crippen LogP contribution >= 0.6 is 0 Å². The summed E-state index contributed by atoms with van der Waals surface area (Å²) in [5, 5.41) is 8.77. The van der Waals surface area contributed by atoms with Crippen molar-refractivity contribution >= 4 is 12.1 Å². The van der Waals surface area contributed by atoms with Gasteiger partial charge in [0.15, 0.2) is 0 Å². The first-order valence-electron chi connectivity index (χ1n) is 4.33. The zero-order valence-corrected chi connectivity index (χ0v) is 8.19. The van der Waals surface area contributed by atoms with Gasteiger partial charge in [0.05, 0.1) is 7.11 Å². The van der Waals surface area contributed by atoms with Gasteiger partial charge in [-0.15, -0.1) is 0 Å². The van der Waals surface area contributed by atoms with E-state index in [9.17, 15) is 9.59 Å². The Morgan fingerprint density at radius 1 is 1.64 bits per heavy atom. The van der Waals surface area contributed by atoms with Crippen molar-refractivity contribution in [3.05, 3.63) is 11.6 Å². The van der Waals surface area contributed by atoms with Crippen LogP contribution in [0.15, 0.2) is 11.6 Å². The molecule has 1 amide bonds. The second kappa shape index (κ2) is 4.13. The molecule has 5 heteroatoms. The van der Waals surface area contributed by atoms with Crippen LogP contribution in [0.25, 0.3) is 0 Å². The van der Waals surface area contributed by atoms with Crippen LogP contribution < -0.4 is 0 Å². The number of rotatable bonds is 1. The quantitative estimate of drug-likeness (QED) is 0.636. The summed E-state index contributed by atoms with van der Waals surface area (Å²) in [4.78, 5) is 23.1. The number of carbonyl (C=O) groups is 2. The Morgan fingerprint density at radius 3 is 2.71 bits per heavy atom. The molecular formula is C9H13NO4. The molecule has 1 N–H and O–H groups in total. The number of hydrogen-bond donors (Lipinski definition) is 1. The topological polar surface area (TPSA) is 66.8 Å². The van der Waals surface area contributed by atoms with Crippen molar-refractivity contribution in [3.63, 3.8) is 0 Å². The third-order valence-corrected chi connectivity index (χ3v) is 2.28. The maximum atomic E-state index is 11.1. The highest BCUT2D eigenvalue weighted by Crippen LogP contribution is 2.18. The van der Waals surface area contributed by atoms with E-state index in [1.165, 1.54) is 12.0 Å². The molecule has 0 unspecified atom stereocenters. The Bertz CT molecular complexity index is 285. The van der Waals surface area contributed by atoms with Gasteiger partial charge < -0.3 is 14.7 Å². The lowest BCUT2D eigenvalue weighted by molar-refractivity contribution is -0.136. The summed E-state index contributed by atoms with van der Waals surface area (Å²) in [6.07, 6.45) is 1.05. The van der Waals surface area contributed by atoms with Crippen LogP contribution in [-0.2, 0) is 9.53 Å². The molecule has 78 valence electrons. The van der Waals surface area contributed by atoms with E-state index in [2.05, 4.69) is 4.74 Å². The van der Waals surface area contributed by atoms with Crippen LogP contribution in [0.4, 0.5) is 4.79 Å². The highest BCUT2D eigenvalue weighted by molar-refractivity contribution is 5.89. The van der Waals surface area contributed by atoms with Gasteiger partial charge in [0.1, 0.15) is 0 Å². The van der Waals surface area contributed by atoms with Crippen LogP contribution in [0.2, 0.25) is 0 Å². The summed E-state index contributed by atoms with van der Waals surface area (Å²) >= 11 is 0. The standard InChI is InChI=1S/C9H13NO4/c1-6-5-7(8(11)14-2)3-4-10(6)9(12)13/h3,6H,4-5H2,1-2H3,(H,12,13)/t6-/m1/s1. The molecule has 1 heterocycles. The van der Waals surface area contributed by atoms with Crippen molar-refractivity contribution in [1.82, 2.24) is 4.90 Å². The predicted molar refractivity (Wildman–Crippen MR) is 48.9 cm³/mol. The molecule has 0 radical (unpaired) electrons. The molecule has 1 aliphatic rings. The summed E-state index contributed by atoms with van der Waals surface area (Å²) in [7, 11) is 1.32. The molecule has 14 heavy (non-hydrogen) atoms. The monoisotopic (exact) mass is 199 g/mol. The fourth-order valence-corrected chi connectivity index (χ4v) is 1.46. The summed E-state index contributed by atoms with van der Waals surface area (Å²) in [5.41, 5.74) is 0.553. The molecule has 0 fully saturated rings. The second-order valence-electron chi connectivity index (χ2n) is 3.21. The fraction of sp³-hybridized carbons (Fsp3) is 0.556. The molecule has 0 saturated heterocycles. The van der Waals surface area contributed by atoms with E-state index in [1.807, 2.05) is 0 Å². The van der Waals surface area contributed by atoms with Gasteiger partial charge in [-0.3, -0.25) is 0 Å². The lowest BCUT2D eigenvalue weighted by Gasteiger charge is -2.29. The Balaban J connectivity index is 2.72. The lowest BCUT2D eigenvalue weighted by atomic mass is 10.0. The Hall–Kier alpha value is -1.52. The number of carboxylic acid groups (broad SMARTS) is 1. The molecular weight excluding hydrogens is 186 g/mol. The zero-order chi connectivity index (χ0) is 10.7. The molecule has 1 rings (SSSR count). The first kappa shape index (κ1) is 10.6. The zero-order valence-electron chi connectivity index (χ0n) is 8.19. The van der Waals surface area contributed by atoms with E-state index in [1.54, 1.807) is 13.0 Å². The van der Waals surface area contributed by atoms with Gasteiger partial charge in [0.2, 0.25) is 0 Å². The molecule has 5 nitrogen and oxygen atoms in total. The number of carbonyl (C=O) groups excluding carboxylic acids is 1. The van der Waals surface area contributed by atoms with E-state index in [0.29, 0.717) is 12.0 Å². The maximum absolute atomic E-state index is 11.1. The summed E-state index contributed by atoms with van der Waals surface area (Å²) in [6.45, 7) is 2.02. The summed E-state index contributed by atoms with van der Waals surface area (Å²) < 4.78 is 4.56. The fourth-order valence-electron chi connectivity index (χ4n) is 1.46. The summed E-state index contributed by atoms with van der Waals surface area (Å²) in [5.74, 6) is -0.373. The number of esters is 1. The van der Waals surface area contributed by atoms with Crippen LogP contribution in [-0.4, -0.2) is 41.8 Å². The van der Waals surface area contributed by atoms with Crippen molar-refractivity contribution in [2.24, 2.45) is 0 Å². The van der Waals surface area contributed by atoms with E-state index in [0.717, 1.165) is 0 Å². The first-order valence-corrected chi connectivity index (χ1v) is 4.33. The van der Waals surface area contributed by atoms with Crippen molar-refractivity contribution in [2.75, 3.05) is 13.7 Å². The minimum absolute atomic E-state index is 0.174. The Kier molecular flexibility index (Phi) is 3.11. The van der Waals surface area contributed by atoms with Gasteiger partial charge in [-0.05, 0) is 13.3 Å². The van der Waals surface area contributed by atoms with Gasteiger partial charge in [-0.2, -0.15) is 0 Å². The van der Waals surface area contributed by atoms with Gasteiger partial charge in [0, 0.05) is 18.2 Å². The largest absolute Gasteiger partial charge is 0.466 e. The number of amides is 1. The van der Waals surface area contributed by atoms with Gasteiger partial charge in [0.25, 0.3) is 0 Å². The molecule has 0 aromatic heterocycles. The molecule has 0 bridgehead atoms. The first-order chi connectivity index (χ1) is 6.56. The minimum Gasteiger partial charge on any atom is -0.466 e. The predicted octanol–water partition coefficient (Wildman–Crippen LogP) is 0.858. The molecule has 0 spiro atoms. The number of ether oxygens (including phenoxy) is 1. The van der Waals surface area contributed by atoms with Crippen LogP contribution in [0.1, 0.15) is 13.3 Å². The van der Waals surface area contributed by atoms with Crippen molar-refractivity contribution in [1.29, 1.82) is 0 Å². The van der Waals surface area contributed by atoms with Gasteiger partial charge in [-0.1, -0.05) is 6.08 Å².